The van der Waals surface area contributed by atoms with Crippen molar-refractivity contribution in [2.45, 2.75) is 19.1 Å². The molecule has 1 unspecified atom stereocenters. The Balaban J connectivity index is 1.76. The minimum Gasteiger partial charge on any atom is -0.332 e. The molecule has 0 bridgehead atoms. The Labute approximate surface area is 128 Å². The van der Waals surface area contributed by atoms with E-state index in [9.17, 15) is 4.79 Å². The maximum atomic E-state index is 12.7. The summed E-state index contributed by atoms with van der Waals surface area (Å²) in [7, 11) is 0. The standard InChI is InChI=1S/C16H17N3OS/c20-16(15-4-2-7-18-15)19(11-14-5-8-21-12-14)10-13-3-1-6-17-9-13/h1-6,8-9,12,15,18H,7,10-11H2. The van der Waals surface area contributed by atoms with Crippen LogP contribution in [0.3, 0.4) is 0 Å². The third-order valence-corrected chi connectivity index (χ3v) is 4.14. The van der Waals surface area contributed by atoms with Crippen LogP contribution in [0.25, 0.3) is 0 Å². The molecule has 2 aromatic rings. The van der Waals surface area contributed by atoms with Crippen molar-refractivity contribution in [3.63, 3.8) is 0 Å². The fourth-order valence-corrected chi connectivity index (χ4v) is 3.02. The topological polar surface area (TPSA) is 45.2 Å². The van der Waals surface area contributed by atoms with E-state index in [1.807, 2.05) is 40.8 Å². The van der Waals surface area contributed by atoms with E-state index in [1.165, 1.54) is 5.56 Å². The number of rotatable bonds is 5. The lowest BCUT2D eigenvalue weighted by atomic mass is 10.2. The number of carbonyl (C=O) groups is 1. The molecule has 1 atom stereocenters. The highest BCUT2D eigenvalue weighted by Gasteiger charge is 2.24. The Bertz CT molecular complexity index is 610. The number of nitrogens with zero attached hydrogens (tertiary/aromatic N) is 2. The third kappa shape index (κ3) is 3.56. The molecule has 0 aromatic carbocycles. The third-order valence-electron chi connectivity index (χ3n) is 3.41. The molecule has 1 aliphatic heterocycles. The van der Waals surface area contributed by atoms with Gasteiger partial charge in [0.2, 0.25) is 5.91 Å². The molecule has 0 spiro atoms. The summed E-state index contributed by atoms with van der Waals surface area (Å²) in [5.74, 6) is 0.110. The summed E-state index contributed by atoms with van der Waals surface area (Å²) < 4.78 is 0. The monoisotopic (exact) mass is 299 g/mol. The average Bonchev–Trinajstić information content (AvgIpc) is 3.20. The second kappa shape index (κ2) is 6.65. The van der Waals surface area contributed by atoms with E-state index in [2.05, 4.69) is 21.7 Å². The van der Waals surface area contributed by atoms with Gasteiger partial charge in [-0.15, -0.1) is 0 Å². The van der Waals surface area contributed by atoms with Crippen LogP contribution in [0.1, 0.15) is 11.1 Å². The van der Waals surface area contributed by atoms with Gasteiger partial charge in [0.25, 0.3) is 0 Å². The van der Waals surface area contributed by atoms with Crippen molar-refractivity contribution in [1.29, 1.82) is 0 Å². The van der Waals surface area contributed by atoms with Crippen molar-refractivity contribution in [3.05, 3.63) is 64.6 Å². The molecule has 0 aliphatic carbocycles. The molecular weight excluding hydrogens is 282 g/mol. The van der Waals surface area contributed by atoms with Crippen LogP contribution < -0.4 is 5.32 Å². The molecule has 0 saturated heterocycles. The quantitative estimate of drug-likeness (QED) is 0.861. The predicted octanol–water partition coefficient (Wildman–Crippen LogP) is 2.20. The lowest BCUT2D eigenvalue weighted by Gasteiger charge is -2.25. The highest BCUT2D eigenvalue weighted by Crippen LogP contribution is 2.14. The Morgan fingerprint density at radius 1 is 1.38 bits per heavy atom. The van der Waals surface area contributed by atoms with Gasteiger partial charge < -0.3 is 4.90 Å². The van der Waals surface area contributed by atoms with E-state index in [-0.39, 0.29) is 11.9 Å². The summed E-state index contributed by atoms with van der Waals surface area (Å²) in [4.78, 5) is 18.7. The average molecular weight is 299 g/mol. The number of hydrogen-bond donors (Lipinski definition) is 1. The van der Waals surface area contributed by atoms with Crippen LogP contribution in [0, 0.1) is 0 Å². The largest absolute Gasteiger partial charge is 0.332 e. The van der Waals surface area contributed by atoms with Gasteiger partial charge in [0.05, 0.1) is 0 Å². The first-order chi connectivity index (χ1) is 10.3. The first kappa shape index (κ1) is 14.0. The van der Waals surface area contributed by atoms with Crippen LogP contribution in [-0.2, 0) is 17.9 Å². The van der Waals surface area contributed by atoms with E-state index in [1.54, 1.807) is 17.5 Å². The minimum atomic E-state index is -0.208. The van der Waals surface area contributed by atoms with E-state index in [4.69, 9.17) is 0 Å². The molecule has 3 heterocycles. The van der Waals surface area contributed by atoms with Crippen molar-refractivity contribution >= 4 is 17.2 Å². The summed E-state index contributed by atoms with van der Waals surface area (Å²) in [5, 5.41) is 7.31. The molecule has 1 N–H and O–H groups in total. The van der Waals surface area contributed by atoms with Crippen molar-refractivity contribution in [2.75, 3.05) is 6.54 Å². The van der Waals surface area contributed by atoms with Crippen LogP contribution in [0.5, 0.6) is 0 Å². The maximum Gasteiger partial charge on any atom is 0.244 e. The second-order valence-electron chi connectivity index (χ2n) is 5.00. The number of amides is 1. The molecule has 1 aliphatic rings. The first-order valence-electron chi connectivity index (χ1n) is 6.92. The number of carbonyl (C=O) groups excluding carboxylic acids is 1. The summed E-state index contributed by atoms with van der Waals surface area (Å²) in [5.41, 5.74) is 2.21. The van der Waals surface area contributed by atoms with Gasteiger partial charge in [0.15, 0.2) is 0 Å². The molecule has 2 aromatic heterocycles. The molecule has 0 radical (unpaired) electrons. The Hall–Kier alpha value is -1.98. The van der Waals surface area contributed by atoms with Gasteiger partial charge in [0.1, 0.15) is 6.04 Å². The van der Waals surface area contributed by atoms with Crippen LogP contribution in [0.15, 0.2) is 53.5 Å². The lowest BCUT2D eigenvalue weighted by Crippen LogP contribution is -2.42. The Kier molecular flexibility index (Phi) is 4.43. The van der Waals surface area contributed by atoms with E-state index >= 15 is 0 Å². The van der Waals surface area contributed by atoms with Crippen LogP contribution in [0.4, 0.5) is 0 Å². The summed E-state index contributed by atoms with van der Waals surface area (Å²) in [6.07, 6.45) is 7.49. The van der Waals surface area contributed by atoms with Gasteiger partial charge in [-0.1, -0.05) is 18.2 Å². The predicted molar refractivity (Wildman–Crippen MR) is 83.7 cm³/mol. The summed E-state index contributed by atoms with van der Waals surface area (Å²) >= 11 is 1.65. The summed E-state index contributed by atoms with van der Waals surface area (Å²) in [6, 6.07) is 5.75. The zero-order valence-electron chi connectivity index (χ0n) is 11.6. The van der Waals surface area contributed by atoms with Crippen molar-refractivity contribution < 1.29 is 4.79 Å². The SMILES string of the molecule is O=C(C1C=CCN1)N(Cc1cccnc1)Cc1ccsc1. The minimum absolute atomic E-state index is 0.110. The van der Waals surface area contributed by atoms with Crippen molar-refractivity contribution in [3.8, 4) is 0 Å². The number of pyridine rings is 1. The van der Waals surface area contributed by atoms with Crippen LogP contribution in [0.2, 0.25) is 0 Å². The summed E-state index contributed by atoms with van der Waals surface area (Å²) in [6.45, 7) is 1.97. The molecule has 1 amide bonds. The van der Waals surface area contributed by atoms with Crippen molar-refractivity contribution in [2.24, 2.45) is 0 Å². The van der Waals surface area contributed by atoms with Gasteiger partial charge >= 0.3 is 0 Å². The number of nitrogens with one attached hydrogen (secondary N) is 1. The van der Waals surface area contributed by atoms with Gasteiger partial charge in [-0.25, -0.2) is 0 Å². The van der Waals surface area contributed by atoms with E-state index in [0.717, 1.165) is 12.1 Å². The molecule has 0 saturated carbocycles. The van der Waals surface area contributed by atoms with Gasteiger partial charge in [-0.3, -0.25) is 15.1 Å². The van der Waals surface area contributed by atoms with Gasteiger partial charge in [0, 0.05) is 32.0 Å². The zero-order valence-corrected chi connectivity index (χ0v) is 12.4. The zero-order chi connectivity index (χ0) is 14.5. The van der Waals surface area contributed by atoms with Gasteiger partial charge in [-0.05, 0) is 34.0 Å². The Morgan fingerprint density at radius 3 is 2.95 bits per heavy atom. The molecule has 5 heteroatoms. The fourth-order valence-electron chi connectivity index (χ4n) is 2.36. The lowest BCUT2D eigenvalue weighted by molar-refractivity contribution is -0.133. The molecular formula is C16H17N3OS. The fraction of sp³-hybridized carbons (Fsp3) is 0.250. The molecule has 108 valence electrons. The number of thiophene rings is 1. The number of aromatic nitrogens is 1. The van der Waals surface area contributed by atoms with E-state index in [0.29, 0.717) is 13.1 Å². The van der Waals surface area contributed by atoms with E-state index < -0.39 is 0 Å². The smallest absolute Gasteiger partial charge is 0.244 e. The second-order valence-corrected chi connectivity index (χ2v) is 5.78. The molecule has 21 heavy (non-hydrogen) atoms. The normalized spacial score (nSPS) is 17.0. The molecule has 3 rings (SSSR count). The number of hydrogen-bond acceptors (Lipinski definition) is 4. The Morgan fingerprint density at radius 2 is 2.29 bits per heavy atom. The van der Waals surface area contributed by atoms with Gasteiger partial charge in [-0.2, -0.15) is 11.3 Å². The van der Waals surface area contributed by atoms with Crippen molar-refractivity contribution in [1.82, 2.24) is 15.2 Å². The van der Waals surface area contributed by atoms with Crippen LogP contribution >= 0.6 is 11.3 Å². The highest BCUT2D eigenvalue weighted by molar-refractivity contribution is 7.07. The first-order valence-corrected chi connectivity index (χ1v) is 7.86. The maximum absolute atomic E-state index is 12.7. The molecule has 4 nitrogen and oxygen atoms in total. The molecule has 0 fully saturated rings. The van der Waals surface area contributed by atoms with Crippen LogP contribution in [-0.4, -0.2) is 28.4 Å². The highest BCUT2D eigenvalue weighted by atomic mass is 32.1.